The molecule has 0 spiro atoms. The van der Waals surface area contributed by atoms with Gasteiger partial charge in [-0.3, -0.25) is 0 Å². The number of hydrogen-bond donors (Lipinski definition) is 1. The Morgan fingerprint density at radius 3 is 2.40 bits per heavy atom. The van der Waals surface area contributed by atoms with Crippen molar-refractivity contribution in [2.24, 2.45) is 0 Å². The fourth-order valence-corrected chi connectivity index (χ4v) is 3.59. The molecule has 132 valence electrons. The van der Waals surface area contributed by atoms with Crippen molar-refractivity contribution in [3.8, 4) is 17.4 Å². The van der Waals surface area contributed by atoms with Gasteiger partial charge in [-0.05, 0) is 42.4 Å². The fourth-order valence-electron chi connectivity index (χ4n) is 2.93. The van der Waals surface area contributed by atoms with E-state index in [9.17, 15) is 0 Å². The second kappa shape index (κ2) is 6.92. The second-order valence-electron chi connectivity index (χ2n) is 6.11. The summed E-state index contributed by atoms with van der Waals surface area (Å²) in [6, 6.07) is 6.11. The molecule has 6 nitrogen and oxygen atoms in total. The molecular weight excluding hydrogens is 336 g/mol. The van der Waals surface area contributed by atoms with Crippen molar-refractivity contribution in [2.45, 2.75) is 38.1 Å². The topological polar surface area (TPSA) is 63.9 Å². The average Bonchev–Trinajstić information content (AvgIpc) is 3.01. The third-order valence-corrected chi connectivity index (χ3v) is 4.87. The average molecular weight is 359 g/mol. The van der Waals surface area contributed by atoms with Crippen molar-refractivity contribution < 1.29 is 14.0 Å². The first kappa shape index (κ1) is 17.5. The van der Waals surface area contributed by atoms with Gasteiger partial charge < -0.3 is 9.47 Å². The molecule has 3 aromatic rings. The highest BCUT2D eigenvalue weighted by atomic mass is 32.2. The SMILES string of the molecule is COc1cc2cc(C)[n+](-c3nc(SC(C)C)n[nH]3)c(C)c2cc1OC. The number of nitrogens with one attached hydrogen (secondary N) is 1. The molecule has 2 aromatic heterocycles. The maximum Gasteiger partial charge on any atom is 0.423 e. The van der Waals surface area contributed by atoms with E-state index in [1.807, 2.05) is 12.1 Å². The van der Waals surface area contributed by atoms with E-state index in [1.165, 1.54) is 0 Å². The number of rotatable bonds is 5. The van der Waals surface area contributed by atoms with Crippen LogP contribution in [0.5, 0.6) is 11.5 Å². The Bertz CT molecular complexity index is 921. The summed E-state index contributed by atoms with van der Waals surface area (Å²) in [5.74, 6) is 2.15. The van der Waals surface area contributed by atoms with E-state index >= 15 is 0 Å². The molecule has 7 heteroatoms. The third kappa shape index (κ3) is 3.28. The van der Waals surface area contributed by atoms with E-state index in [-0.39, 0.29) is 0 Å². The minimum Gasteiger partial charge on any atom is -0.493 e. The number of fused-ring (bicyclic) bond motifs is 1. The Hall–Kier alpha value is -2.28. The Balaban J connectivity index is 2.17. The molecule has 2 heterocycles. The highest BCUT2D eigenvalue weighted by molar-refractivity contribution is 7.99. The van der Waals surface area contributed by atoms with Gasteiger partial charge in [0.1, 0.15) is 0 Å². The van der Waals surface area contributed by atoms with Crippen LogP contribution < -0.4 is 14.0 Å². The van der Waals surface area contributed by atoms with Gasteiger partial charge in [-0.15, -0.1) is 5.10 Å². The van der Waals surface area contributed by atoms with Crippen molar-refractivity contribution in [3.05, 3.63) is 29.6 Å². The zero-order valence-corrected chi connectivity index (χ0v) is 16.2. The first-order chi connectivity index (χ1) is 11.9. The van der Waals surface area contributed by atoms with E-state index in [0.29, 0.717) is 11.0 Å². The Morgan fingerprint density at radius 2 is 1.76 bits per heavy atom. The molecule has 0 amide bonds. The number of hydrogen-bond acceptors (Lipinski definition) is 5. The smallest absolute Gasteiger partial charge is 0.423 e. The summed E-state index contributed by atoms with van der Waals surface area (Å²) in [6.07, 6.45) is 0. The van der Waals surface area contributed by atoms with E-state index in [2.05, 4.69) is 53.5 Å². The van der Waals surface area contributed by atoms with Gasteiger partial charge >= 0.3 is 5.95 Å². The lowest BCUT2D eigenvalue weighted by atomic mass is 10.1. The largest absolute Gasteiger partial charge is 0.493 e. The standard InChI is InChI=1S/C18H23N4O2S/c1-10(2)25-18-19-17(20-21-18)22-11(3)7-13-8-15(23-5)16(24-6)9-14(13)12(22)4/h7-10H,1-6H3,(H,19,20,21)/q+1. The Morgan fingerprint density at radius 1 is 1.08 bits per heavy atom. The summed E-state index contributed by atoms with van der Waals surface area (Å²) in [5, 5.41) is 10.7. The zero-order chi connectivity index (χ0) is 18.1. The van der Waals surface area contributed by atoms with E-state index < -0.39 is 0 Å². The van der Waals surface area contributed by atoms with Gasteiger partial charge in [0.25, 0.3) is 5.16 Å². The monoisotopic (exact) mass is 359 g/mol. The maximum absolute atomic E-state index is 5.45. The van der Waals surface area contributed by atoms with Crippen LogP contribution in [-0.2, 0) is 0 Å². The van der Waals surface area contributed by atoms with E-state index in [4.69, 9.17) is 9.47 Å². The normalized spacial score (nSPS) is 11.3. The summed E-state index contributed by atoms with van der Waals surface area (Å²) < 4.78 is 12.9. The molecule has 0 aliphatic rings. The zero-order valence-electron chi connectivity index (χ0n) is 15.4. The van der Waals surface area contributed by atoms with Crippen molar-refractivity contribution in [2.75, 3.05) is 14.2 Å². The molecule has 0 fully saturated rings. The van der Waals surface area contributed by atoms with Crippen LogP contribution in [0.25, 0.3) is 16.7 Å². The van der Waals surface area contributed by atoms with Gasteiger partial charge in [-0.25, -0.2) is 4.57 Å². The number of pyridine rings is 1. The molecule has 1 aromatic carbocycles. The van der Waals surface area contributed by atoms with E-state index in [0.717, 1.165) is 39.0 Å². The van der Waals surface area contributed by atoms with Crippen LogP contribution in [0, 0.1) is 13.8 Å². The van der Waals surface area contributed by atoms with Crippen LogP contribution in [0.1, 0.15) is 25.2 Å². The number of nitrogens with zero attached hydrogens (tertiary/aromatic N) is 3. The van der Waals surface area contributed by atoms with Gasteiger partial charge in [-0.2, -0.15) is 0 Å². The lowest BCUT2D eigenvalue weighted by Gasteiger charge is -2.13. The highest BCUT2D eigenvalue weighted by Gasteiger charge is 2.22. The van der Waals surface area contributed by atoms with Crippen LogP contribution in [-0.4, -0.2) is 34.7 Å². The summed E-state index contributed by atoms with van der Waals surface area (Å²) in [5.41, 5.74) is 2.13. The molecule has 0 saturated carbocycles. The molecule has 0 aliphatic heterocycles. The van der Waals surface area contributed by atoms with Crippen LogP contribution >= 0.6 is 11.8 Å². The third-order valence-electron chi connectivity index (χ3n) is 4.00. The van der Waals surface area contributed by atoms with Crippen molar-refractivity contribution in [1.29, 1.82) is 0 Å². The number of ether oxygens (including phenoxy) is 2. The number of aromatic nitrogens is 4. The van der Waals surface area contributed by atoms with Crippen LogP contribution in [0.4, 0.5) is 0 Å². The molecule has 1 N–H and O–H groups in total. The molecule has 0 unspecified atom stereocenters. The molecular formula is C18H23N4O2S+. The summed E-state index contributed by atoms with van der Waals surface area (Å²) >= 11 is 1.64. The van der Waals surface area contributed by atoms with Crippen LogP contribution in [0.3, 0.4) is 0 Å². The quantitative estimate of drug-likeness (QED) is 0.559. The molecule has 25 heavy (non-hydrogen) atoms. The van der Waals surface area contributed by atoms with Crippen LogP contribution in [0.15, 0.2) is 23.4 Å². The molecule has 0 radical (unpaired) electrons. The fraction of sp³-hybridized carbons (Fsp3) is 0.389. The predicted molar refractivity (Wildman–Crippen MR) is 99.0 cm³/mol. The lowest BCUT2D eigenvalue weighted by molar-refractivity contribution is -0.615. The molecule has 0 aliphatic carbocycles. The van der Waals surface area contributed by atoms with Crippen molar-refractivity contribution in [1.82, 2.24) is 15.2 Å². The summed E-state index contributed by atoms with van der Waals surface area (Å²) in [6.45, 7) is 8.38. The number of methoxy groups -OCH3 is 2. The number of benzene rings is 1. The van der Waals surface area contributed by atoms with Crippen molar-refractivity contribution >= 4 is 22.5 Å². The van der Waals surface area contributed by atoms with Gasteiger partial charge in [0.15, 0.2) is 11.5 Å². The number of H-pyrrole nitrogens is 1. The highest BCUT2D eigenvalue weighted by Crippen LogP contribution is 2.33. The Kier molecular flexibility index (Phi) is 4.85. The van der Waals surface area contributed by atoms with Gasteiger partial charge in [-0.1, -0.05) is 30.7 Å². The van der Waals surface area contributed by atoms with Gasteiger partial charge in [0, 0.05) is 10.6 Å². The first-order valence-electron chi connectivity index (χ1n) is 8.12. The molecule has 0 saturated heterocycles. The van der Waals surface area contributed by atoms with Crippen molar-refractivity contribution in [3.63, 3.8) is 0 Å². The number of aromatic amines is 1. The first-order valence-corrected chi connectivity index (χ1v) is 9.00. The Labute approximate surface area is 151 Å². The molecule has 0 bridgehead atoms. The molecule has 3 rings (SSSR count). The minimum atomic E-state index is 0.434. The minimum absolute atomic E-state index is 0.434. The lowest BCUT2D eigenvalue weighted by Crippen LogP contribution is -2.39. The second-order valence-corrected chi connectivity index (χ2v) is 7.65. The number of aryl methyl sites for hydroxylation is 2. The van der Waals surface area contributed by atoms with Crippen LogP contribution in [0.2, 0.25) is 0 Å². The van der Waals surface area contributed by atoms with Gasteiger partial charge in [0.05, 0.1) is 25.6 Å². The number of thioether (sulfide) groups is 1. The predicted octanol–water partition coefficient (Wildman–Crippen LogP) is 3.37. The summed E-state index contributed by atoms with van der Waals surface area (Å²) in [4.78, 5) is 4.63. The van der Waals surface area contributed by atoms with E-state index in [1.54, 1.807) is 26.0 Å². The maximum atomic E-state index is 5.45. The molecule has 0 atom stereocenters. The summed E-state index contributed by atoms with van der Waals surface area (Å²) in [7, 11) is 3.29. The van der Waals surface area contributed by atoms with Gasteiger partial charge in [0.2, 0.25) is 0 Å².